The fourth-order valence-corrected chi connectivity index (χ4v) is 2.41. The van der Waals surface area contributed by atoms with Crippen LogP contribution in [0.2, 0.25) is 0 Å². The topological polar surface area (TPSA) is 50.9 Å². The summed E-state index contributed by atoms with van der Waals surface area (Å²) in [5.41, 5.74) is -1.37. The van der Waals surface area contributed by atoms with E-state index < -0.39 is 5.60 Å². The quantitative estimate of drug-likeness (QED) is 0.909. The van der Waals surface area contributed by atoms with Crippen molar-refractivity contribution in [2.45, 2.75) is 32.9 Å². The minimum absolute atomic E-state index is 0.331. The Morgan fingerprint density at radius 1 is 1.50 bits per heavy atom. The summed E-state index contributed by atoms with van der Waals surface area (Å²) in [5, 5.41) is 14.8. The lowest BCUT2D eigenvalue weighted by atomic mass is 9.76. The molecule has 1 rings (SSSR count). The molecule has 0 amide bonds. The van der Waals surface area contributed by atoms with Crippen LogP contribution >= 0.6 is 31.9 Å². The Bertz CT molecular complexity index is 370. The molecule has 0 saturated carbocycles. The highest BCUT2D eigenvalue weighted by atomic mass is 79.9. The van der Waals surface area contributed by atoms with Crippen molar-refractivity contribution in [3.63, 3.8) is 0 Å². The molecule has 1 aromatic rings. The molecule has 0 bridgehead atoms. The van der Waals surface area contributed by atoms with Crippen molar-refractivity contribution in [1.82, 2.24) is 14.8 Å². The molecule has 0 spiro atoms. The lowest BCUT2D eigenvalue weighted by molar-refractivity contribution is -0.0329. The maximum atomic E-state index is 10.8. The van der Waals surface area contributed by atoms with Gasteiger partial charge in [0.05, 0.1) is 6.54 Å². The summed E-state index contributed by atoms with van der Waals surface area (Å²) >= 11 is 6.62. The van der Waals surface area contributed by atoms with Gasteiger partial charge in [-0.05, 0) is 10.4 Å². The highest BCUT2D eigenvalue weighted by Gasteiger charge is 2.43. The predicted octanol–water partition coefficient (Wildman–Crippen LogP) is 2.69. The van der Waals surface area contributed by atoms with E-state index in [2.05, 4.69) is 41.9 Å². The zero-order valence-electron chi connectivity index (χ0n) is 9.48. The van der Waals surface area contributed by atoms with Gasteiger partial charge in [0.2, 0.25) is 0 Å². The predicted molar refractivity (Wildman–Crippen MR) is 70.4 cm³/mol. The van der Waals surface area contributed by atoms with E-state index in [0.717, 1.165) is 0 Å². The molecule has 1 aromatic heterocycles. The summed E-state index contributed by atoms with van der Waals surface area (Å²) in [5.74, 6) is 0. The van der Waals surface area contributed by atoms with Gasteiger partial charge in [-0.3, -0.25) is 0 Å². The van der Waals surface area contributed by atoms with E-state index in [1.54, 1.807) is 16.0 Å². The molecule has 1 N–H and O–H groups in total. The lowest BCUT2D eigenvalue weighted by Gasteiger charge is -2.39. The van der Waals surface area contributed by atoms with Gasteiger partial charge in [0.15, 0.2) is 0 Å². The second kappa shape index (κ2) is 4.98. The van der Waals surface area contributed by atoms with Crippen molar-refractivity contribution in [2.75, 3.05) is 0 Å². The van der Waals surface area contributed by atoms with E-state index in [1.165, 1.54) is 6.33 Å². The molecule has 0 aliphatic rings. The number of rotatable bonds is 3. The molecule has 0 saturated heterocycles. The van der Waals surface area contributed by atoms with Gasteiger partial charge in [-0.1, -0.05) is 52.6 Å². The maximum Gasteiger partial charge on any atom is 0.137 e. The van der Waals surface area contributed by atoms with E-state index in [9.17, 15) is 5.11 Å². The molecule has 0 aliphatic heterocycles. The van der Waals surface area contributed by atoms with Gasteiger partial charge >= 0.3 is 0 Å². The molecule has 0 aromatic carbocycles. The van der Waals surface area contributed by atoms with E-state index in [-0.39, 0.29) is 5.41 Å². The second-order valence-corrected chi connectivity index (χ2v) is 5.97. The molecule has 6 heteroatoms. The van der Waals surface area contributed by atoms with E-state index in [0.29, 0.717) is 11.0 Å². The summed E-state index contributed by atoms with van der Waals surface area (Å²) in [6.45, 7) is 6.27. The summed E-state index contributed by atoms with van der Waals surface area (Å²) < 4.78 is 2.30. The monoisotopic (exact) mass is 351 g/mol. The van der Waals surface area contributed by atoms with Crippen LogP contribution in [0.25, 0.3) is 0 Å². The van der Waals surface area contributed by atoms with Crippen molar-refractivity contribution in [3.05, 3.63) is 22.1 Å². The van der Waals surface area contributed by atoms with Gasteiger partial charge < -0.3 is 5.11 Å². The fraction of sp³-hybridized carbons (Fsp3) is 0.600. The molecule has 0 fully saturated rings. The van der Waals surface area contributed by atoms with E-state index in [1.807, 2.05) is 20.8 Å². The van der Waals surface area contributed by atoms with Crippen LogP contribution in [0, 0.1) is 5.41 Å². The largest absolute Gasteiger partial charge is 0.382 e. The first-order valence-corrected chi connectivity index (χ1v) is 6.53. The van der Waals surface area contributed by atoms with Crippen LogP contribution in [0.5, 0.6) is 0 Å². The van der Waals surface area contributed by atoms with E-state index in [4.69, 9.17) is 0 Å². The number of halogens is 2. The van der Waals surface area contributed by atoms with Crippen LogP contribution in [-0.4, -0.2) is 25.5 Å². The molecule has 0 radical (unpaired) electrons. The SMILES string of the molecule is CC(C)(C)C(O)(Cn1cncn1)/C(Br)=C/Br. The number of aliphatic hydroxyl groups is 1. The average molecular weight is 353 g/mol. The molecular weight excluding hydrogens is 338 g/mol. The number of hydrogen-bond acceptors (Lipinski definition) is 3. The van der Waals surface area contributed by atoms with Crippen molar-refractivity contribution in [3.8, 4) is 0 Å². The van der Waals surface area contributed by atoms with Crippen molar-refractivity contribution < 1.29 is 5.11 Å². The first-order chi connectivity index (χ1) is 7.31. The number of aromatic nitrogens is 3. The normalized spacial score (nSPS) is 17.2. The zero-order valence-corrected chi connectivity index (χ0v) is 12.7. The molecule has 4 nitrogen and oxygen atoms in total. The Morgan fingerprint density at radius 2 is 2.12 bits per heavy atom. The van der Waals surface area contributed by atoms with Crippen LogP contribution < -0.4 is 0 Å². The Labute approximate surface area is 112 Å². The zero-order chi connectivity index (χ0) is 12.4. The molecule has 90 valence electrons. The average Bonchev–Trinajstić information content (AvgIpc) is 2.67. The Morgan fingerprint density at radius 3 is 2.50 bits per heavy atom. The highest BCUT2D eigenvalue weighted by Crippen LogP contribution is 2.40. The molecule has 0 aliphatic carbocycles. The first kappa shape index (κ1) is 13.9. The Kier molecular flexibility index (Phi) is 4.31. The lowest BCUT2D eigenvalue weighted by Crippen LogP contribution is -2.47. The standard InChI is InChI=1S/C10H15Br2N3O/c1-9(2,3)10(16,8(12)4-11)5-15-7-13-6-14-15/h4,6-7,16H,5H2,1-3H3/b8-4-. The molecule has 1 atom stereocenters. The van der Waals surface area contributed by atoms with E-state index >= 15 is 0 Å². The van der Waals surface area contributed by atoms with Gasteiger partial charge in [-0.15, -0.1) is 0 Å². The third-order valence-electron chi connectivity index (χ3n) is 2.59. The van der Waals surface area contributed by atoms with Crippen molar-refractivity contribution in [1.29, 1.82) is 0 Å². The minimum Gasteiger partial charge on any atom is -0.382 e. The Balaban J connectivity index is 3.06. The van der Waals surface area contributed by atoms with Gasteiger partial charge in [0.1, 0.15) is 18.3 Å². The molecule has 16 heavy (non-hydrogen) atoms. The van der Waals surface area contributed by atoms with Crippen molar-refractivity contribution >= 4 is 31.9 Å². The first-order valence-electron chi connectivity index (χ1n) is 4.82. The summed E-state index contributed by atoms with van der Waals surface area (Å²) in [4.78, 5) is 5.54. The summed E-state index contributed by atoms with van der Waals surface area (Å²) in [7, 11) is 0. The van der Waals surface area contributed by atoms with Crippen LogP contribution in [0.15, 0.2) is 22.1 Å². The van der Waals surface area contributed by atoms with Gasteiger partial charge in [-0.2, -0.15) is 5.10 Å². The Hall–Kier alpha value is -0.200. The van der Waals surface area contributed by atoms with Crippen molar-refractivity contribution in [2.24, 2.45) is 5.41 Å². The second-order valence-electron chi connectivity index (χ2n) is 4.66. The highest BCUT2D eigenvalue weighted by molar-refractivity contribution is 9.14. The minimum atomic E-state index is -1.04. The fourth-order valence-electron chi connectivity index (χ4n) is 1.31. The van der Waals surface area contributed by atoms with Gasteiger partial charge in [0.25, 0.3) is 0 Å². The number of nitrogens with zero attached hydrogens (tertiary/aromatic N) is 3. The smallest absolute Gasteiger partial charge is 0.137 e. The number of hydrogen-bond donors (Lipinski definition) is 1. The summed E-state index contributed by atoms with van der Waals surface area (Å²) in [6.07, 6.45) is 3.04. The molecule has 1 unspecified atom stereocenters. The third kappa shape index (κ3) is 2.73. The summed E-state index contributed by atoms with van der Waals surface area (Å²) in [6, 6.07) is 0. The van der Waals surface area contributed by atoms with Gasteiger partial charge in [-0.25, -0.2) is 9.67 Å². The van der Waals surface area contributed by atoms with Gasteiger partial charge in [0, 0.05) is 4.48 Å². The van der Waals surface area contributed by atoms with Crippen LogP contribution in [-0.2, 0) is 6.54 Å². The third-order valence-corrected chi connectivity index (χ3v) is 4.55. The van der Waals surface area contributed by atoms with Crippen LogP contribution in [0.1, 0.15) is 20.8 Å². The van der Waals surface area contributed by atoms with Crippen LogP contribution in [0.3, 0.4) is 0 Å². The van der Waals surface area contributed by atoms with Crippen LogP contribution in [0.4, 0.5) is 0 Å². The maximum absolute atomic E-state index is 10.8. The molecule has 1 heterocycles. The molecular formula is C10H15Br2N3O.